The van der Waals surface area contributed by atoms with Crippen molar-refractivity contribution in [3.05, 3.63) is 35.5 Å². The third-order valence-corrected chi connectivity index (χ3v) is 4.06. The van der Waals surface area contributed by atoms with Crippen molar-refractivity contribution >= 4 is 5.91 Å². The zero-order valence-electron chi connectivity index (χ0n) is 11.2. The van der Waals surface area contributed by atoms with Gasteiger partial charge in [0.2, 0.25) is 0 Å². The van der Waals surface area contributed by atoms with Gasteiger partial charge in [0, 0.05) is 31.1 Å². The van der Waals surface area contributed by atoms with E-state index in [2.05, 4.69) is 23.5 Å². The molecule has 1 aliphatic carbocycles. The lowest BCUT2D eigenvalue weighted by atomic mass is 9.86. The maximum atomic E-state index is 12.4. The molecule has 0 spiro atoms. The molecule has 3 rings (SSSR count). The number of nitrogens with zero attached hydrogens (tertiary/aromatic N) is 1. The number of amides is 1. The topological polar surface area (TPSA) is 52.6 Å². The highest BCUT2D eigenvalue weighted by Crippen LogP contribution is 2.37. The van der Waals surface area contributed by atoms with E-state index in [-0.39, 0.29) is 18.1 Å². The van der Waals surface area contributed by atoms with Crippen molar-refractivity contribution < 1.29 is 9.90 Å². The van der Waals surface area contributed by atoms with E-state index in [1.807, 2.05) is 11.0 Å². The fourth-order valence-corrected chi connectivity index (χ4v) is 3.20. The second kappa shape index (κ2) is 4.94. The molecule has 0 aromatic rings. The molecular weight excluding hydrogens is 240 g/mol. The summed E-state index contributed by atoms with van der Waals surface area (Å²) in [6.45, 7) is 3.62. The van der Waals surface area contributed by atoms with Crippen molar-refractivity contribution in [2.24, 2.45) is 5.92 Å². The molecule has 4 nitrogen and oxygen atoms in total. The Balaban J connectivity index is 1.78. The third-order valence-electron chi connectivity index (χ3n) is 4.06. The van der Waals surface area contributed by atoms with Crippen molar-refractivity contribution in [3.8, 4) is 0 Å². The molecule has 2 N–H and O–H groups in total. The lowest BCUT2D eigenvalue weighted by Gasteiger charge is -2.34. The Hall–Kier alpha value is -1.39. The van der Waals surface area contributed by atoms with Crippen LogP contribution in [0.15, 0.2) is 35.5 Å². The van der Waals surface area contributed by atoms with E-state index in [1.54, 1.807) is 6.92 Å². The molecule has 0 bridgehead atoms. The van der Waals surface area contributed by atoms with Crippen LogP contribution in [-0.4, -0.2) is 47.7 Å². The van der Waals surface area contributed by atoms with E-state index in [9.17, 15) is 9.90 Å². The van der Waals surface area contributed by atoms with Crippen LogP contribution in [0.1, 0.15) is 13.3 Å². The summed E-state index contributed by atoms with van der Waals surface area (Å²) in [5, 5.41) is 12.4. The van der Waals surface area contributed by atoms with Gasteiger partial charge < -0.3 is 15.3 Å². The number of rotatable bonds is 4. The predicted octanol–water partition coefficient (Wildman–Crippen LogP) is 0.610. The highest BCUT2D eigenvalue weighted by molar-refractivity contribution is 5.97. The molecule has 0 aromatic carbocycles. The molecular formula is C15H20N2O2. The first-order valence-corrected chi connectivity index (χ1v) is 6.95. The second-order valence-corrected chi connectivity index (χ2v) is 5.60. The Morgan fingerprint density at radius 2 is 2.42 bits per heavy atom. The summed E-state index contributed by atoms with van der Waals surface area (Å²) < 4.78 is 0. The first kappa shape index (κ1) is 12.6. The number of aliphatic hydroxyl groups excluding tert-OH is 1. The fourth-order valence-electron chi connectivity index (χ4n) is 3.20. The normalized spacial score (nSPS) is 30.0. The molecule has 0 aromatic heterocycles. The van der Waals surface area contributed by atoms with Crippen molar-refractivity contribution in [1.82, 2.24) is 10.2 Å². The van der Waals surface area contributed by atoms with Crippen LogP contribution >= 0.6 is 0 Å². The number of nitrogens with one attached hydrogen (secondary N) is 1. The Kier molecular flexibility index (Phi) is 3.29. The van der Waals surface area contributed by atoms with Crippen LogP contribution in [0.4, 0.5) is 0 Å². The van der Waals surface area contributed by atoms with Gasteiger partial charge >= 0.3 is 0 Å². The molecule has 0 saturated carbocycles. The molecule has 3 unspecified atom stereocenters. The molecule has 3 atom stereocenters. The first-order valence-electron chi connectivity index (χ1n) is 6.95. The number of hydrogen-bond donors (Lipinski definition) is 2. The zero-order valence-corrected chi connectivity index (χ0v) is 11.2. The summed E-state index contributed by atoms with van der Waals surface area (Å²) in [6.07, 6.45) is 9.13. The van der Waals surface area contributed by atoms with Crippen LogP contribution in [-0.2, 0) is 4.79 Å². The average molecular weight is 260 g/mol. The molecule has 1 amide bonds. The van der Waals surface area contributed by atoms with Gasteiger partial charge in [-0.3, -0.25) is 4.79 Å². The summed E-state index contributed by atoms with van der Waals surface area (Å²) in [6, 6.07) is 0.262. The standard InChI is InChI=1S/C15H20N2O2/c1-10(18)8-16-9-13-7-12-4-2-3-11-5-6-17(14(11)12)15(13)19/h2-4,7,10-11,14,16,18H,5-6,8-9H2,1H3. The van der Waals surface area contributed by atoms with Crippen molar-refractivity contribution in [2.75, 3.05) is 19.6 Å². The molecule has 2 heterocycles. The van der Waals surface area contributed by atoms with Gasteiger partial charge in [0.05, 0.1) is 12.1 Å². The molecule has 19 heavy (non-hydrogen) atoms. The van der Waals surface area contributed by atoms with Crippen molar-refractivity contribution in [3.63, 3.8) is 0 Å². The van der Waals surface area contributed by atoms with Crippen LogP contribution in [0.5, 0.6) is 0 Å². The van der Waals surface area contributed by atoms with Crippen molar-refractivity contribution in [1.29, 1.82) is 0 Å². The Bertz CT molecular complexity index is 477. The summed E-state index contributed by atoms with van der Waals surface area (Å²) in [5.74, 6) is 0.644. The van der Waals surface area contributed by atoms with Crippen LogP contribution in [0.3, 0.4) is 0 Å². The van der Waals surface area contributed by atoms with Gasteiger partial charge in [0.15, 0.2) is 0 Å². The zero-order chi connectivity index (χ0) is 13.4. The van der Waals surface area contributed by atoms with Crippen LogP contribution in [0.2, 0.25) is 0 Å². The number of carbonyl (C=O) groups is 1. The van der Waals surface area contributed by atoms with Gasteiger partial charge in [-0.15, -0.1) is 0 Å². The van der Waals surface area contributed by atoms with E-state index in [0.717, 1.165) is 18.5 Å². The van der Waals surface area contributed by atoms with E-state index >= 15 is 0 Å². The summed E-state index contributed by atoms with van der Waals surface area (Å²) >= 11 is 0. The van der Waals surface area contributed by atoms with Gasteiger partial charge in [-0.05, 0) is 25.0 Å². The largest absolute Gasteiger partial charge is 0.392 e. The number of allylic oxidation sites excluding steroid dienone is 2. The monoisotopic (exact) mass is 260 g/mol. The summed E-state index contributed by atoms with van der Waals surface area (Å²) in [5.41, 5.74) is 2.05. The molecule has 0 radical (unpaired) electrons. The molecule has 1 saturated heterocycles. The second-order valence-electron chi connectivity index (χ2n) is 5.60. The molecule has 2 aliphatic heterocycles. The predicted molar refractivity (Wildman–Crippen MR) is 73.5 cm³/mol. The quantitative estimate of drug-likeness (QED) is 0.779. The van der Waals surface area contributed by atoms with Crippen molar-refractivity contribution in [2.45, 2.75) is 25.5 Å². The Labute approximate surface area is 113 Å². The van der Waals surface area contributed by atoms with Gasteiger partial charge in [0.25, 0.3) is 5.91 Å². The van der Waals surface area contributed by atoms with Crippen LogP contribution in [0.25, 0.3) is 0 Å². The van der Waals surface area contributed by atoms with Gasteiger partial charge in [-0.1, -0.05) is 18.2 Å². The fraction of sp³-hybridized carbons (Fsp3) is 0.533. The number of aliphatic hydroxyl groups is 1. The molecule has 1 fully saturated rings. The molecule has 3 aliphatic rings. The lowest BCUT2D eigenvalue weighted by Crippen LogP contribution is -2.45. The highest BCUT2D eigenvalue weighted by atomic mass is 16.3. The van der Waals surface area contributed by atoms with Gasteiger partial charge in [-0.2, -0.15) is 0 Å². The maximum absolute atomic E-state index is 12.4. The number of hydrogen-bond acceptors (Lipinski definition) is 3. The number of carbonyl (C=O) groups excluding carboxylic acids is 1. The SMILES string of the molecule is CC(O)CNCC1=CC2=CC=CC3CCN(C1=O)C23. The minimum absolute atomic E-state index is 0.151. The van der Waals surface area contributed by atoms with Gasteiger partial charge in [0.1, 0.15) is 0 Å². The van der Waals surface area contributed by atoms with E-state index in [1.165, 1.54) is 5.57 Å². The maximum Gasteiger partial charge on any atom is 0.251 e. The minimum Gasteiger partial charge on any atom is -0.392 e. The highest BCUT2D eigenvalue weighted by Gasteiger charge is 2.41. The Morgan fingerprint density at radius 1 is 1.58 bits per heavy atom. The summed E-state index contributed by atoms with van der Waals surface area (Å²) in [7, 11) is 0. The van der Waals surface area contributed by atoms with E-state index in [4.69, 9.17) is 0 Å². The third kappa shape index (κ3) is 2.26. The summed E-state index contributed by atoms with van der Waals surface area (Å²) in [4.78, 5) is 14.4. The lowest BCUT2D eigenvalue weighted by molar-refractivity contribution is -0.128. The Morgan fingerprint density at radius 3 is 3.21 bits per heavy atom. The smallest absolute Gasteiger partial charge is 0.251 e. The first-order chi connectivity index (χ1) is 9.16. The van der Waals surface area contributed by atoms with E-state index in [0.29, 0.717) is 19.0 Å². The van der Waals surface area contributed by atoms with Crippen LogP contribution < -0.4 is 5.32 Å². The molecule has 102 valence electrons. The molecule has 4 heteroatoms. The van der Waals surface area contributed by atoms with Gasteiger partial charge in [-0.25, -0.2) is 0 Å². The van der Waals surface area contributed by atoms with Crippen LogP contribution in [0, 0.1) is 5.92 Å². The minimum atomic E-state index is -0.389. The van der Waals surface area contributed by atoms with E-state index < -0.39 is 0 Å². The average Bonchev–Trinajstić information content (AvgIpc) is 2.80.